The van der Waals surface area contributed by atoms with Gasteiger partial charge >= 0.3 is 0 Å². The molecule has 0 aromatic carbocycles. The van der Waals surface area contributed by atoms with Crippen LogP contribution in [0.3, 0.4) is 0 Å². The maximum Gasteiger partial charge on any atom is 0.257 e. The Morgan fingerprint density at radius 1 is 1.28 bits per heavy atom. The highest BCUT2D eigenvalue weighted by Crippen LogP contribution is 2.17. The van der Waals surface area contributed by atoms with Crippen LogP contribution in [0.25, 0.3) is 0 Å². The molecule has 0 spiro atoms. The average molecular weight is 349 g/mol. The van der Waals surface area contributed by atoms with E-state index >= 15 is 0 Å². The standard InChI is InChI=1S/C19H31N3O3/c1-14(2)22(19(24)17-13-15(3)25-16(17)4)11-7-18(23)20-8-12-21-9-5-6-10-21/h13-14H,5-12H2,1-4H3,(H,20,23). The van der Waals surface area contributed by atoms with Gasteiger partial charge in [0.2, 0.25) is 5.91 Å². The maximum absolute atomic E-state index is 12.7. The zero-order valence-corrected chi connectivity index (χ0v) is 15.9. The van der Waals surface area contributed by atoms with Gasteiger partial charge in [0.25, 0.3) is 5.91 Å². The molecule has 2 amide bonds. The second kappa shape index (κ2) is 9.04. The van der Waals surface area contributed by atoms with E-state index in [4.69, 9.17) is 4.42 Å². The SMILES string of the molecule is Cc1cc(C(=O)N(CCC(=O)NCCN2CCCC2)C(C)C)c(C)o1. The number of rotatable bonds is 8. The second-order valence-corrected chi connectivity index (χ2v) is 7.07. The summed E-state index contributed by atoms with van der Waals surface area (Å²) in [7, 11) is 0. The van der Waals surface area contributed by atoms with Crippen LogP contribution in [0.4, 0.5) is 0 Å². The summed E-state index contributed by atoms with van der Waals surface area (Å²) >= 11 is 0. The third-order valence-electron chi connectivity index (χ3n) is 4.68. The van der Waals surface area contributed by atoms with Gasteiger partial charge in [-0.15, -0.1) is 0 Å². The molecule has 140 valence electrons. The van der Waals surface area contributed by atoms with Gasteiger partial charge in [0.1, 0.15) is 11.5 Å². The third kappa shape index (κ3) is 5.59. The number of hydrogen-bond donors (Lipinski definition) is 1. The van der Waals surface area contributed by atoms with Crippen molar-refractivity contribution in [2.45, 2.75) is 53.0 Å². The lowest BCUT2D eigenvalue weighted by molar-refractivity contribution is -0.121. The summed E-state index contributed by atoms with van der Waals surface area (Å²) in [5.41, 5.74) is 0.584. The molecule has 1 aliphatic rings. The zero-order valence-electron chi connectivity index (χ0n) is 15.9. The quantitative estimate of drug-likeness (QED) is 0.782. The second-order valence-electron chi connectivity index (χ2n) is 7.07. The van der Waals surface area contributed by atoms with Crippen LogP contribution in [-0.2, 0) is 4.79 Å². The van der Waals surface area contributed by atoms with Crippen LogP contribution < -0.4 is 5.32 Å². The fraction of sp³-hybridized carbons (Fsp3) is 0.684. The zero-order chi connectivity index (χ0) is 18.4. The lowest BCUT2D eigenvalue weighted by Gasteiger charge is -2.26. The smallest absolute Gasteiger partial charge is 0.257 e. The molecule has 6 heteroatoms. The van der Waals surface area contributed by atoms with Crippen molar-refractivity contribution >= 4 is 11.8 Å². The molecular formula is C19H31N3O3. The number of carbonyl (C=O) groups is 2. The molecule has 1 aliphatic heterocycles. The van der Waals surface area contributed by atoms with Crippen molar-refractivity contribution in [3.63, 3.8) is 0 Å². The molecule has 0 aliphatic carbocycles. The fourth-order valence-electron chi connectivity index (χ4n) is 3.26. The lowest BCUT2D eigenvalue weighted by atomic mass is 10.1. The van der Waals surface area contributed by atoms with E-state index in [-0.39, 0.29) is 17.9 Å². The van der Waals surface area contributed by atoms with E-state index in [2.05, 4.69) is 10.2 Å². The van der Waals surface area contributed by atoms with Gasteiger partial charge in [0, 0.05) is 32.1 Å². The maximum atomic E-state index is 12.7. The summed E-state index contributed by atoms with van der Waals surface area (Å²) in [4.78, 5) is 28.9. The van der Waals surface area contributed by atoms with Gasteiger partial charge in [0.15, 0.2) is 0 Å². The van der Waals surface area contributed by atoms with E-state index in [0.29, 0.717) is 30.8 Å². The molecule has 1 N–H and O–H groups in total. The highest BCUT2D eigenvalue weighted by molar-refractivity contribution is 5.95. The van der Waals surface area contributed by atoms with Crippen molar-refractivity contribution in [2.75, 3.05) is 32.7 Å². The Labute approximate surface area is 150 Å². The van der Waals surface area contributed by atoms with Crippen LogP contribution >= 0.6 is 0 Å². The minimum atomic E-state index is -0.0748. The number of carbonyl (C=O) groups excluding carboxylic acids is 2. The molecular weight excluding hydrogens is 318 g/mol. The third-order valence-corrected chi connectivity index (χ3v) is 4.68. The van der Waals surface area contributed by atoms with Gasteiger partial charge in [-0.1, -0.05) is 0 Å². The first-order valence-electron chi connectivity index (χ1n) is 9.25. The number of nitrogens with one attached hydrogen (secondary N) is 1. The summed E-state index contributed by atoms with van der Waals surface area (Å²) in [5.74, 6) is 1.28. The van der Waals surface area contributed by atoms with Gasteiger partial charge in [0.05, 0.1) is 5.56 Å². The van der Waals surface area contributed by atoms with Crippen LogP contribution in [0.1, 0.15) is 55.0 Å². The number of likely N-dealkylation sites (tertiary alicyclic amines) is 1. The molecule has 1 fully saturated rings. The van der Waals surface area contributed by atoms with E-state index in [0.717, 1.165) is 25.4 Å². The van der Waals surface area contributed by atoms with Crippen molar-refractivity contribution < 1.29 is 14.0 Å². The predicted molar refractivity (Wildman–Crippen MR) is 97.7 cm³/mol. The summed E-state index contributed by atoms with van der Waals surface area (Å²) in [6, 6.07) is 1.79. The summed E-state index contributed by atoms with van der Waals surface area (Å²) in [5, 5.41) is 2.96. The van der Waals surface area contributed by atoms with Crippen molar-refractivity contribution in [1.82, 2.24) is 15.1 Å². The first-order valence-corrected chi connectivity index (χ1v) is 9.25. The molecule has 0 bridgehead atoms. The average Bonchev–Trinajstić information content (AvgIpc) is 3.16. The summed E-state index contributed by atoms with van der Waals surface area (Å²) in [6.07, 6.45) is 2.83. The number of hydrogen-bond acceptors (Lipinski definition) is 4. The molecule has 1 aromatic rings. The molecule has 0 saturated carbocycles. The van der Waals surface area contributed by atoms with Gasteiger partial charge in [-0.25, -0.2) is 0 Å². The Bertz CT molecular complexity index is 589. The monoisotopic (exact) mass is 349 g/mol. The van der Waals surface area contributed by atoms with E-state index in [1.165, 1.54) is 12.8 Å². The van der Waals surface area contributed by atoms with Crippen LogP contribution in [0.15, 0.2) is 10.5 Å². The number of furan rings is 1. The molecule has 0 unspecified atom stereocenters. The van der Waals surface area contributed by atoms with E-state index in [1.54, 1.807) is 17.9 Å². The fourth-order valence-corrected chi connectivity index (χ4v) is 3.26. The van der Waals surface area contributed by atoms with Crippen LogP contribution in [0, 0.1) is 13.8 Å². The molecule has 0 radical (unpaired) electrons. The number of amides is 2. The Balaban J connectivity index is 1.81. The van der Waals surface area contributed by atoms with Crippen molar-refractivity contribution in [3.05, 3.63) is 23.2 Å². The largest absolute Gasteiger partial charge is 0.466 e. The van der Waals surface area contributed by atoms with E-state index in [9.17, 15) is 9.59 Å². The Morgan fingerprint density at radius 3 is 2.52 bits per heavy atom. The Kier molecular flexibility index (Phi) is 7.05. The number of aryl methyl sites for hydroxylation is 2. The first kappa shape index (κ1) is 19.5. The molecule has 25 heavy (non-hydrogen) atoms. The van der Waals surface area contributed by atoms with Gasteiger partial charge < -0.3 is 19.5 Å². The Morgan fingerprint density at radius 2 is 1.96 bits per heavy atom. The minimum Gasteiger partial charge on any atom is -0.466 e. The topological polar surface area (TPSA) is 65.8 Å². The molecule has 6 nitrogen and oxygen atoms in total. The highest BCUT2D eigenvalue weighted by atomic mass is 16.3. The molecule has 0 atom stereocenters. The number of nitrogens with zero attached hydrogens (tertiary/aromatic N) is 2. The van der Waals surface area contributed by atoms with Crippen LogP contribution in [0.5, 0.6) is 0 Å². The lowest BCUT2D eigenvalue weighted by Crippen LogP contribution is -2.40. The first-order chi connectivity index (χ1) is 11.9. The predicted octanol–water partition coefficient (Wildman–Crippen LogP) is 2.35. The van der Waals surface area contributed by atoms with Gasteiger partial charge in [-0.05, 0) is 59.7 Å². The molecule has 2 rings (SSSR count). The normalized spacial score (nSPS) is 14.9. The highest BCUT2D eigenvalue weighted by Gasteiger charge is 2.23. The summed E-state index contributed by atoms with van der Waals surface area (Å²) < 4.78 is 5.46. The van der Waals surface area contributed by atoms with Crippen molar-refractivity contribution in [3.8, 4) is 0 Å². The van der Waals surface area contributed by atoms with Crippen LogP contribution in [-0.4, -0.2) is 60.4 Å². The molecule has 2 heterocycles. The Hall–Kier alpha value is -1.82. The van der Waals surface area contributed by atoms with Crippen LogP contribution in [0.2, 0.25) is 0 Å². The van der Waals surface area contributed by atoms with Gasteiger partial charge in [-0.2, -0.15) is 0 Å². The summed E-state index contributed by atoms with van der Waals surface area (Å²) in [6.45, 7) is 11.8. The van der Waals surface area contributed by atoms with Gasteiger partial charge in [-0.3, -0.25) is 9.59 Å². The molecule has 1 saturated heterocycles. The molecule has 1 aromatic heterocycles. The van der Waals surface area contributed by atoms with Crippen molar-refractivity contribution in [1.29, 1.82) is 0 Å². The van der Waals surface area contributed by atoms with E-state index in [1.807, 2.05) is 20.8 Å². The van der Waals surface area contributed by atoms with Crippen molar-refractivity contribution in [2.24, 2.45) is 0 Å². The minimum absolute atomic E-state index is 0.00209. The van der Waals surface area contributed by atoms with E-state index < -0.39 is 0 Å².